The number of halogens is 1. The second-order valence-corrected chi connectivity index (χ2v) is 6.09. The first-order valence-corrected chi connectivity index (χ1v) is 7.41. The van der Waals surface area contributed by atoms with Crippen molar-refractivity contribution in [1.82, 2.24) is 0 Å². The van der Waals surface area contributed by atoms with Crippen molar-refractivity contribution in [3.8, 4) is 0 Å². The summed E-state index contributed by atoms with van der Waals surface area (Å²) >= 11 is 6.44. The van der Waals surface area contributed by atoms with Crippen LogP contribution in [0, 0.1) is 0 Å². The summed E-state index contributed by atoms with van der Waals surface area (Å²) in [4.78, 5) is 0. The maximum atomic E-state index is 6.44. The smallest absolute Gasteiger partial charge is 0.153 e. The monoisotopic (exact) mass is 289 g/mol. The van der Waals surface area contributed by atoms with Crippen LogP contribution in [0.2, 0.25) is 5.02 Å². The van der Waals surface area contributed by atoms with E-state index in [1.54, 1.807) is 12.5 Å². The fourth-order valence-corrected chi connectivity index (χ4v) is 4.03. The molecule has 1 fully saturated rings. The van der Waals surface area contributed by atoms with Gasteiger partial charge in [-0.05, 0) is 25.0 Å². The molecule has 4 heteroatoms. The summed E-state index contributed by atoms with van der Waals surface area (Å²) in [6, 6.07) is 3.89. The minimum atomic E-state index is -0.0111. The Hall–Kier alpha value is -1.45. The molecule has 2 heterocycles. The first-order chi connectivity index (χ1) is 9.77. The number of nitrogens with two attached hydrogens (primary N) is 1. The van der Waals surface area contributed by atoms with E-state index in [0.717, 1.165) is 34.8 Å². The molecule has 0 unspecified atom stereocenters. The average molecular weight is 290 g/mol. The lowest BCUT2D eigenvalue weighted by Gasteiger charge is -2.28. The number of furan rings is 2. The van der Waals surface area contributed by atoms with Crippen LogP contribution in [0.4, 0.5) is 0 Å². The highest BCUT2D eigenvalue weighted by molar-refractivity contribution is 6.40. The molecule has 3 aromatic rings. The van der Waals surface area contributed by atoms with Crippen LogP contribution < -0.4 is 5.73 Å². The van der Waals surface area contributed by atoms with Gasteiger partial charge in [-0.3, -0.25) is 0 Å². The predicted octanol–water partition coefficient (Wildman–Crippen LogP) is 4.60. The SMILES string of the molecule is NCC1(c2c3ccoc3c(Cl)c3ccoc23)CCCC1. The molecule has 4 rings (SSSR count). The van der Waals surface area contributed by atoms with Gasteiger partial charge in [0.1, 0.15) is 5.58 Å². The van der Waals surface area contributed by atoms with Crippen molar-refractivity contribution in [2.24, 2.45) is 5.73 Å². The third-order valence-electron chi connectivity index (χ3n) is 4.74. The highest BCUT2D eigenvalue weighted by Gasteiger charge is 2.39. The van der Waals surface area contributed by atoms with E-state index in [1.807, 2.05) is 12.1 Å². The molecule has 1 aliphatic carbocycles. The number of hydrogen-bond acceptors (Lipinski definition) is 3. The Morgan fingerprint density at radius 3 is 2.40 bits per heavy atom. The molecule has 1 aromatic carbocycles. The molecular weight excluding hydrogens is 274 g/mol. The van der Waals surface area contributed by atoms with Crippen molar-refractivity contribution >= 4 is 33.5 Å². The molecule has 0 aliphatic heterocycles. The Morgan fingerprint density at radius 1 is 1.05 bits per heavy atom. The van der Waals surface area contributed by atoms with Crippen molar-refractivity contribution in [2.45, 2.75) is 31.1 Å². The zero-order valence-corrected chi connectivity index (χ0v) is 11.9. The van der Waals surface area contributed by atoms with E-state index in [-0.39, 0.29) is 5.41 Å². The van der Waals surface area contributed by atoms with Gasteiger partial charge in [0.25, 0.3) is 0 Å². The molecule has 0 bridgehead atoms. The molecule has 2 aromatic heterocycles. The van der Waals surface area contributed by atoms with Gasteiger partial charge in [0.15, 0.2) is 5.58 Å². The van der Waals surface area contributed by atoms with E-state index in [9.17, 15) is 0 Å². The Labute approximate surface area is 121 Å². The second-order valence-electron chi connectivity index (χ2n) is 5.71. The molecular formula is C16H16ClNO2. The summed E-state index contributed by atoms with van der Waals surface area (Å²) < 4.78 is 11.4. The molecule has 2 N–H and O–H groups in total. The maximum absolute atomic E-state index is 6.44. The van der Waals surface area contributed by atoms with Crippen LogP contribution in [0.5, 0.6) is 0 Å². The largest absolute Gasteiger partial charge is 0.464 e. The van der Waals surface area contributed by atoms with Crippen LogP contribution in [0.15, 0.2) is 33.5 Å². The molecule has 104 valence electrons. The average Bonchev–Trinajstić information content (AvgIpc) is 3.20. The van der Waals surface area contributed by atoms with Gasteiger partial charge in [-0.1, -0.05) is 24.4 Å². The van der Waals surface area contributed by atoms with Crippen molar-refractivity contribution in [3.05, 3.63) is 35.2 Å². The van der Waals surface area contributed by atoms with Gasteiger partial charge in [-0.2, -0.15) is 0 Å². The van der Waals surface area contributed by atoms with Gasteiger partial charge < -0.3 is 14.6 Å². The van der Waals surface area contributed by atoms with Gasteiger partial charge in [-0.25, -0.2) is 0 Å². The Balaban J connectivity index is 2.17. The predicted molar refractivity (Wildman–Crippen MR) is 80.2 cm³/mol. The Bertz CT molecular complexity index is 729. The van der Waals surface area contributed by atoms with Gasteiger partial charge in [0.2, 0.25) is 0 Å². The first-order valence-electron chi connectivity index (χ1n) is 7.03. The van der Waals surface area contributed by atoms with E-state index >= 15 is 0 Å². The first kappa shape index (κ1) is 12.3. The molecule has 1 aliphatic rings. The fraction of sp³-hybridized carbons (Fsp3) is 0.375. The topological polar surface area (TPSA) is 52.3 Å². The highest BCUT2D eigenvalue weighted by atomic mass is 35.5. The number of benzene rings is 1. The summed E-state index contributed by atoms with van der Waals surface area (Å²) in [7, 11) is 0. The van der Waals surface area contributed by atoms with Crippen molar-refractivity contribution in [1.29, 1.82) is 0 Å². The minimum absolute atomic E-state index is 0.0111. The van der Waals surface area contributed by atoms with Crippen molar-refractivity contribution in [3.63, 3.8) is 0 Å². The van der Waals surface area contributed by atoms with Crippen LogP contribution >= 0.6 is 11.6 Å². The van der Waals surface area contributed by atoms with E-state index < -0.39 is 0 Å². The summed E-state index contributed by atoms with van der Waals surface area (Å²) in [6.07, 6.45) is 8.00. The van der Waals surface area contributed by atoms with Gasteiger partial charge in [0.05, 0.1) is 17.5 Å². The van der Waals surface area contributed by atoms with Crippen LogP contribution in [-0.2, 0) is 5.41 Å². The molecule has 3 nitrogen and oxygen atoms in total. The summed E-state index contributed by atoms with van der Waals surface area (Å²) in [5.74, 6) is 0. The van der Waals surface area contributed by atoms with E-state index in [4.69, 9.17) is 26.2 Å². The van der Waals surface area contributed by atoms with Gasteiger partial charge in [0, 0.05) is 28.3 Å². The lowest BCUT2D eigenvalue weighted by molar-refractivity contribution is 0.451. The number of hydrogen-bond donors (Lipinski definition) is 1. The third kappa shape index (κ3) is 1.45. The van der Waals surface area contributed by atoms with Gasteiger partial charge >= 0.3 is 0 Å². The van der Waals surface area contributed by atoms with Gasteiger partial charge in [-0.15, -0.1) is 0 Å². The molecule has 1 saturated carbocycles. The summed E-state index contributed by atoms with van der Waals surface area (Å²) in [5.41, 5.74) is 8.95. The molecule has 0 amide bonds. The minimum Gasteiger partial charge on any atom is -0.464 e. The van der Waals surface area contributed by atoms with Crippen molar-refractivity contribution < 1.29 is 8.83 Å². The standard InChI is InChI=1S/C16H16ClNO2/c17-13-11-4-8-19-14(11)12(10-3-7-20-15(10)13)16(9-18)5-1-2-6-16/h3-4,7-8H,1-2,5-6,9,18H2. The van der Waals surface area contributed by atoms with Crippen LogP contribution in [0.1, 0.15) is 31.2 Å². The zero-order chi connectivity index (χ0) is 13.7. The Kier molecular flexibility index (Phi) is 2.63. The number of fused-ring (bicyclic) bond motifs is 2. The lowest BCUT2D eigenvalue weighted by atomic mass is 9.77. The van der Waals surface area contributed by atoms with E-state index in [0.29, 0.717) is 11.6 Å². The zero-order valence-electron chi connectivity index (χ0n) is 11.1. The summed E-state index contributed by atoms with van der Waals surface area (Å²) in [6.45, 7) is 0.630. The van der Waals surface area contributed by atoms with Crippen LogP contribution in [0.3, 0.4) is 0 Å². The quantitative estimate of drug-likeness (QED) is 0.750. The fourth-order valence-electron chi connectivity index (χ4n) is 3.73. The van der Waals surface area contributed by atoms with Crippen molar-refractivity contribution in [2.75, 3.05) is 6.54 Å². The molecule has 0 saturated heterocycles. The third-order valence-corrected chi connectivity index (χ3v) is 5.12. The number of rotatable bonds is 2. The van der Waals surface area contributed by atoms with E-state index in [1.165, 1.54) is 18.4 Å². The molecule has 0 atom stereocenters. The highest BCUT2D eigenvalue weighted by Crippen LogP contribution is 2.48. The lowest BCUT2D eigenvalue weighted by Crippen LogP contribution is -2.32. The Morgan fingerprint density at radius 2 is 1.70 bits per heavy atom. The normalized spacial score (nSPS) is 18.3. The molecule has 20 heavy (non-hydrogen) atoms. The van der Waals surface area contributed by atoms with Crippen LogP contribution in [0.25, 0.3) is 21.9 Å². The van der Waals surface area contributed by atoms with Crippen LogP contribution in [-0.4, -0.2) is 6.54 Å². The second kappa shape index (κ2) is 4.27. The summed E-state index contributed by atoms with van der Waals surface area (Å²) in [5, 5.41) is 2.59. The van der Waals surface area contributed by atoms with E-state index in [2.05, 4.69) is 0 Å². The molecule has 0 spiro atoms. The maximum Gasteiger partial charge on any atom is 0.153 e. The molecule has 0 radical (unpaired) electrons.